The third-order valence-corrected chi connectivity index (χ3v) is 4.91. The molecule has 0 aliphatic heterocycles. The Balaban J connectivity index is 2.59. The molecule has 0 aromatic heterocycles. The molecular weight excluding hydrogens is 310 g/mol. The summed E-state index contributed by atoms with van der Waals surface area (Å²) in [4.78, 5) is 1.05. The van der Waals surface area contributed by atoms with Gasteiger partial charge in [0.25, 0.3) is 0 Å². The van der Waals surface area contributed by atoms with Gasteiger partial charge in [0.15, 0.2) is 0 Å². The third kappa shape index (κ3) is 4.86. The second kappa shape index (κ2) is 6.05. The summed E-state index contributed by atoms with van der Waals surface area (Å²) in [6.45, 7) is 0.495. The van der Waals surface area contributed by atoms with Gasteiger partial charge in [-0.15, -0.1) is 11.8 Å². The Bertz CT molecular complexity index is 460. The maximum absolute atomic E-state index is 10.9. The highest BCUT2D eigenvalue weighted by Crippen LogP contribution is 2.25. The molecule has 0 saturated carbocycles. The molecule has 0 amide bonds. The molecular formula is C10H14BrNO2S2. The van der Waals surface area contributed by atoms with Gasteiger partial charge in [0.05, 0.1) is 5.75 Å². The van der Waals surface area contributed by atoms with Gasteiger partial charge in [-0.3, -0.25) is 0 Å². The van der Waals surface area contributed by atoms with E-state index in [2.05, 4.69) is 15.9 Å². The average molecular weight is 324 g/mol. The van der Waals surface area contributed by atoms with Gasteiger partial charge in [0.2, 0.25) is 0 Å². The van der Waals surface area contributed by atoms with Crippen molar-refractivity contribution in [1.29, 1.82) is 0 Å². The number of thioether (sulfide) groups is 1. The molecule has 0 unspecified atom stereocenters. The summed E-state index contributed by atoms with van der Waals surface area (Å²) in [7, 11) is -2.87. The van der Waals surface area contributed by atoms with E-state index in [-0.39, 0.29) is 5.75 Å². The molecule has 0 aliphatic rings. The highest BCUT2D eigenvalue weighted by molar-refractivity contribution is 9.10. The maximum Gasteiger partial charge on any atom is 0.148 e. The van der Waals surface area contributed by atoms with Crippen LogP contribution in [0.3, 0.4) is 0 Å². The van der Waals surface area contributed by atoms with Gasteiger partial charge >= 0.3 is 0 Å². The van der Waals surface area contributed by atoms with Gasteiger partial charge in [0.1, 0.15) is 9.84 Å². The largest absolute Gasteiger partial charge is 0.326 e. The van der Waals surface area contributed by atoms with E-state index in [1.165, 1.54) is 18.0 Å². The van der Waals surface area contributed by atoms with Gasteiger partial charge < -0.3 is 5.73 Å². The van der Waals surface area contributed by atoms with E-state index in [9.17, 15) is 8.42 Å². The first-order chi connectivity index (χ1) is 7.42. The molecule has 0 fully saturated rings. The van der Waals surface area contributed by atoms with Crippen LogP contribution in [0, 0.1) is 0 Å². The Hall–Kier alpha value is -0.0400. The number of benzene rings is 1. The van der Waals surface area contributed by atoms with Crippen LogP contribution in [0.25, 0.3) is 0 Å². The lowest BCUT2D eigenvalue weighted by Crippen LogP contribution is -2.04. The smallest absolute Gasteiger partial charge is 0.148 e. The van der Waals surface area contributed by atoms with Crippen LogP contribution in [0.2, 0.25) is 0 Å². The Morgan fingerprint density at radius 2 is 2.12 bits per heavy atom. The molecule has 3 nitrogen and oxygen atoms in total. The lowest BCUT2D eigenvalue weighted by Gasteiger charge is -2.05. The minimum Gasteiger partial charge on any atom is -0.326 e. The fraction of sp³-hybridized carbons (Fsp3) is 0.400. The Morgan fingerprint density at radius 3 is 2.62 bits per heavy atom. The molecule has 1 aromatic carbocycles. The molecule has 0 radical (unpaired) electrons. The van der Waals surface area contributed by atoms with E-state index in [0.717, 1.165) is 14.9 Å². The highest BCUT2D eigenvalue weighted by Gasteiger charge is 2.04. The summed E-state index contributed by atoms with van der Waals surface area (Å²) >= 11 is 4.96. The van der Waals surface area contributed by atoms with Crippen molar-refractivity contribution >= 4 is 37.5 Å². The predicted molar refractivity (Wildman–Crippen MR) is 72.5 cm³/mol. The molecule has 1 aromatic rings. The van der Waals surface area contributed by atoms with Crippen LogP contribution in [0.4, 0.5) is 0 Å². The first-order valence-electron chi connectivity index (χ1n) is 4.71. The number of sulfone groups is 1. The molecule has 0 saturated heterocycles. The van der Waals surface area contributed by atoms with Crippen molar-refractivity contribution in [2.45, 2.75) is 11.4 Å². The molecule has 6 heteroatoms. The first-order valence-corrected chi connectivity index (χ1v) is 8.55. The minimum atomic E-state index is -2.87. The molecule has 1 rings (SSSR count). The number of hydrogen-bond donors (Lipinski definition) is 1. The Labute approximate surface area is 109 Å². The maximum atomic E-state index is 10.9. The van der Waals surface area contributed by atoms with Crippen molar-refractivity contribution in [3.63, 3.8) is 0 Å². The second-order valence-corrected chi connectivity index (χ2v) is 7.72. The van der Waals surface area contributed by atoms with Crippen molar-refractivity contribution in [2.24, 2.45) is 5.73 Å². The fourth-order valence-corrected chi connectivity index (χ4v) is 3.93. The number of nitrogens with two attached hydrogens (primary N) is 1. The molecule has 16 heavy (non-hydrogen) atoms. The molecule has 90 valence electrons. The van der Waals surface area contributed by atoms with Crippen LogP contribution in [0.1, 0.15) is 5.56 Å². The van der Waals surface area contributed by atoms with E-state index in [4.69, 9.17) is 5.73 Å². The Kier molecular flexibility index (Phi) is 5.30. The average Bonchev–Trinajstić information content (AvgIpc) is 2.16. The zero-order chi connectivity index (χ0) is 12.2. The number of hydrogen-bond acceptors (Lipinski definition) is 4. The van der Waals surface area contributed by atoms with Crippen LogP contribution in [0.15, 0.2) is 27.6 Å². The normalized spacial score (nSPS) is 11.7. The molecule has 0 aliphatic carbocycles. The van der Waals surface area contributed by atoms with Gasteiger partial charge in [-0.1, -0.05) is 22.0 Å². The quantitative estimate of drug-likeness (QED) is 0.842. The van der Waals surface area contributed by atoms with Gasteiger partial charge in [0, 0.05) is 27.9 Å². The zero-order valence-electron chi connectivity index (χ0n) is 8.94. The van der Waals surface area contributed by atoms with Crippen molar-refractivity contribution in [3.05, 3.63) is 28.2 Å². The molecule has 0 heterocycles. The predicted octanol–water partition coefficient (Wildman–Crippen LogP) is 2.04. The standard InChI is InChI=1S/C10H14BrNO2S2/c1-16(13,14)5-4-15-9-3-2-8(7-12)10(11)6-9/h2-3,6H,4-5,7,12H2,1H3. The molecule has 0 atom stereocenters. The van der Waals surface area contributed by atoms with Gasteiger partial charge in [-0.25, -0.2) is 8.42 Å². The van der Waals surface area contributed by atoms with Gasteiger partial charge in [-0.2, -0.15) is 0 Å². The van der Waals surface area contributed by atoms with Crippen LogP contribution in [-0.4, -0.2) is 26.2 Å². The highest BCUT2D eigenvalue weighted by atomic mass is 79.9. The summed E-state index contributed by atoms with van der Waals surface area (Å²) in [6.07, 6.45) is 1.25. The fourth-order valence-electron chi connectivity index (χ4n) is 1.09. The summed E-state index contributed by atoms with van der Waals surface area (Å²) < 4.78 is 22.9. The molecule has 2 N–H and O–H groups in total. The van der Waals surface area contributed by atoms with Crippen molar-refractivity contribution in [3.8, 4) is 0 Å². The summed E-state index contributed by atoms with van der Waals surface area (Å²) in [5.41, 5.74) is 6.59. The summed E-state index contributed by atoms with van der Waals surface area (Å²) in [5, 5.41) is 0. The lowest BCUT2D eigenvalue weighted by molar-refractivity contribution is 0.603. The molecule has 0 spiro atoms. The van der Waals surface area contributed by atoms with E-state index in [1.54, 1.807) is 0 Å². The van der Waals surface area contributed by atoms with Crippen molar-refractivity contribution in [2.75, 3.05) is 17.8 Å². The van der Waals surface area contributed by atoms with Crippen LogP contribution in [-0.2, 0) is 16.4 Å². The van der Waals surface area contributed by atoms with Crippen LogP contribution in [0.5, 0.6) is 0 Å². The van der Waals surface area contributed by atoms with Gasteiger partial charge in [-0.05, 0) is 17.7 Å². The van der Waals surface area contributed by atoms with E-state index in [0.29, 0.717) is 12.3 Å². The van der Waals surface area contributed by atoms with E-state index < -0.39 is 9.84 Å². The second-order valence-electron chi connectivity index (χ2n) is 3.44. The van der Waals surface area contributed by atoms with Crippen LogP contribution < -0.4 is 5.73 Å². The summed E-state index contributed by atoms with van der Waals surface area (Å²) in [6, 6.07) is 5.88. The number of halogens is 1. The zero-order valence-corrected chi connectivity index (χ0v) is 12.2. The van der Waals surface area contributed by atoms with E-state index >= 15 is 0 Å². The van der Waals surface area contributed by atoms with Crippen LogP contribution >= 0.6 is 27.7 Å². The molecule has 0 bridgehead atoms. The first kappa shape index (κ1) is 14.0. The minimum absolute atomic E-state index is 0.202. The van der Waals surface area contributed by atoms with E-state index in [1.807, 2.05) is 18.2 Å². The SMILES string of the molecule is CS(=O)(=O)CCSc1ccc(CN)c(Br)c1. The third-order valence-electron chi connectivity index (χ3n) is 1.97. The van der Waals surface area contributed by atoms with Crippen molar-refractivity contribution in [1.82, 2.24) is 0 Å². The Morgan fingerprint density at radius 1 is 1.44 bits per heavy atom. The summed E-state index contributed by atoms with van der Waals surface area (Å²) in [5.74, 6) is 0.779. The lowest BCUT2D eigenvalue weighted by atomic mass is 10.2. The topological polar surface area (TPSA) is 60.2 Å². The number of rotatable bonds is 5. The van der Waals surface area contributed by atoms with Crippen molar-refractivity contribution < 1.29 is 8.42 Å². The monoisotopic (exact) mass is 323 g/mol.